The molecule has 4 rings (SSSR count). The zero-order valence-electron chi connectivity index (χ0n) is 10.8. The molecule has 100 valence electrons. The first kappa shape index (κ1) is 11.3. The van der Waals surface area contributed by atoms with Gasteiger partial charge in [-0.1, -0.05) is 30.3 Å². The molecule has 0 spiro atoms. The van der Waals surface area contributed by atoms with Crippen LogP contribution in [-0.2, 0) is 0 Å². The minimum atomic E-state index is -0.313. The number of nitrogens with zero attached hydrogens (tertiary/aromatic N) is 2. The van der Waals surface area contributed by atoms with Gasteiger partial charge in [0.2, 0.25) is 5.95 Å². The van der Waals surface area contributed by atoms with Gasteiger partial charge in [0.15, 0.2) is 0 Å². The molecule has 2 aromatic carbocycles. The molecular formula is C15H14N4O. The van der Waals surface area contributed by atoms with Gasteiger partial charge in [0.1, 0.15) is 0 Å². The van der Waals surface area contributed by atoms with Gasteiger partial charge in [0.25, 0.3) is 0 Å². The second kappa shape index (κ2) is 3.96. The molecule has 0 aliphatic heterocycles. The molecule has 1 aliphatic rings. The van der Waals surface area contributed by atoms with Crippen LogP contribution < -0.4 is 11.4 Å². The number of rotatable bonds is 2. The fourth-order valence-corrected chi connectivity index (χ4v) is 2.79. The minimum Gasteiger partial charge on any atom is -0.368 e. The number of H-pyrrole nitrogens is 1. The molecule has 20 heavy (non-hydrogen) atoms. The van der Waals surface area contributed by atoms with Crippen LogP contribution in [-0.4, -0.2) is 14.8 Å². The van der Waals surface area contributed by atoms with Crippen molar-refractivity contribution in [3.63, 3.8) is 0 Å². The molecule has 0 unspecified atom stereocenters. The number of anilines is 1. The number of fused-ring (bicyclic) bond motifs is 1. The molecule has 1 aliphatic carbocycles. The fourth-order valence-electron chi connectivity index (χ4n) is 2.79. The van der Waals surface area contributed by atoms with Crippen LogP contribution in [0.2, 0.25) is 0 Å². The monoisotopic (exact) mass is 266 g/mol. The number of aromatic amines is 1. The Labute approximate surface area is 115 Å². The van der Waals surface area contributed by atoms with Gasteiger partial charge in [-0.05, 0) is 35.8 Å². The average Bonchev–Trinajstić information content (AvgIpc) is 3.25. The largest absolute Gasteiger partial charge is 0.368 e. The van der Waals surface area contributed by atoms with Crippen molar-refractivity contribution in [2.45, 2.75) is 18.8 Å². The third-order valence-corrected chi connectivity index (χ3v) is 3.89. The van der Waals surface area contributed by atoms with E-state index in [2.05, 4.69) is 22.3 Å². The van der Waals surface area contributed by atoms with Crippen molar-refractivity contribution in [2.75, 3.05) is 5.73 Å². The first-order valence-corrected chi connectivity index (χ1v) is 6.70. The summed E-state index contributed by atoms with van der Waals surface area (Å²) < 4.78 is 1.42. The summed E-state index contributed by atoms with van der Waals surface area (Å²) in [6.45, 7) is 0. The highest BCUT2D eigenvalue weighted by atomic mass is 16.1. The number of hydrogen-bond donors (Lipinski definition) is 2. The minimum absolute atomic E-state index is 0.180. The first-order valence-electron chi connectivity index (χ1n) is 6.70. The standard InChI is InChI=1S/C15H14N4O/c16-14-17-18-15(20)19(14)13-8-7-10(9-5-6-9)11-3-1-2-4-12(11)13/h1-4,7-9H,5-6H2,(H2,16,17)(H,18,20). The van der Waals surface area contributed by atoms with E-state index in [9.17, 15) is 4.79 Å². The van der Waals surface area contributed by atoms with Crippen LogP contribution >= 0.6 is 0 Å². The summed E-state index contributed by atoms with van der Waals surface area (Å²) >= 11 is 0. The van der Waals surface area contributed by atoms with E-state index in [0.29, 0.717) is 5.92 Å². The zero-order chi connectivity index (χ0) is 13.7. The summed E-state index contributed by atoms with van der Waals surface area (Å²) in [4.78, 5) is 11.9. The van der Waals surface area contributed by atoms with E-state index in [-0.39, 0.29) is 11.6 Å². The van der Waals surface area contributed by atoms with E-state index in [4.69, 9.17) is 5.73 Å². The normalized spacial score (nSPS) is 14.8. The third-order valence-electron chi connectivity index (χ3n) is 3.89. The number of aromatic nitrogens is 3. The Morgan fingerprint density at radius 2 is 1.90 bits per heavy atom. The van der Waals surface area contributed by atoms with Crippen molar-refractivity contribution < 1.29 is 0 Å². The molecule has 0 radical (unpaired) electrons. The fraction of sp³-hybridized carbons (Fsp3) is 0.200. The predicted molar refractivity (Wildman–Crippen MR) is 78.1 cm³/mol. The van der Waals surface area contributed by atoms with Crippen molar-refractivity contribution in [1.29, 1.82) is 0 Å². The van der Waals surface area contributed by atoms with E-state index in [1.807, 2.05) is 24.3 Å². The van der Waals surface area contributed by atoms with Gasteiger partial charge in [-0.15, -0.1) is 5.10 Å². The van der Waals surface area contributed by atoms with Gasteiger partial charge in [0.05, 0.1) is 5.69 Å². The van der Waals surface area contributed by atoms with Gasteiger partial charge >= 0.3 is 5.69 Å². The predicted octanol–water partition coefficient (Wildman–Crippen LogP) is 2.17. The Hall–Kier alpha value is -2.56. The third kappa shape index (κ3) is 1.56. The van der Waals surface area contributed by atoms with Gasteiger partial charge < -0.3 is 5.73 Å². The number of benzene rings is 2. The quantitative estimate of drug-likeness (QED) is 0.746. The van der Waals surface area contributed by atoms with Crippen LogP contribution in [0.4, 0.5) is 5.95 Å². The van der Waals surface area contributed by atoms with E-state index >= 15 is 0 Å². The number of nitrogens with two attached hydrogens (primary N) is 1. The van der Waals surface area contributed by atoms with Crippen molar-refractivity contribution in [2.24, 2.45) is 0 Å². The van der Waals surface area contributed by atoms with Crippen molar-refractivity contribution in [3.8, 4) is 5.69 Å². The van der Waals surface area contributed by atoms with Crippen molar-refractivity contribution >= 4 is 16.7 Å². The van der Waals surface area contributed by atoms with Gasteiger partial charge in [-0.2, -0.15) is 0 Å². The van der Waals surface area contributed by atoms with E-state index in [1.54, 1.807) is 0 Å². The lowest BCUT2D eigenvalue weighted by molar-refractivity contribution is 0.992. The lowest BCUT2D eigenvalue weighted by atomic mass is 9.99. The maximum Gasteiger partial charge on any atom is 0.349 e. The summed E-state index contributed by atoms with van der Waals surface area (Å²) in [5, 5.41) is 8.38. The summed E-state index contributed by atoms with van der Waals surface area (Å²) in [5.74, 6) is 0.840. The maximum absolute atomic E-state index is 11.9. The molecule has 5 heteroatoms. The number of nitrogens with one attached hydrogen (secondary N) is 1. The second-order valence-electron chi connectivity index (χ2n) is 5.22. The first-order chi connectivity index (χ1) is 9.75. The topological polar surface area (TPSA) is 76.7 Å². The maximum atomic E-state index is 11.9. The Morgan fingerprint density at radius 3 is 2.55 bits per heavy atom. The summed E-state index contributed by atoms with van der Waals surface area (Å²) in [6, 6.07) is 12.2. The highest BCUT2D eigenvalue weighted by Crippen LogP contribution is 2.43. The number of hydrogen-bond acceptors (Lipinski definition) is 3. The Morgan fingerprint density at radius 1 is 1.15 bits per heavy atom. The molecule has 0 amide bonds. The lowest BCUT2D eigenvalue weighted by Gasteiger charge is -2.11. The molecule has 1 aromatic heterocycles. The van der Waals surface area contributed by atoms with Gasteiger partial charge in [0, 0.05) is 5.39 Å². The summed E-state index contributed by atoms with van der Waals surface area (Å²) in [7, 11) is 0. The molecule has 3 aromatic rings. The van der Waals surface area contributed by atoms with E-state index < -0.39 is 0 Å². The Kier molecular flexibility index (Phi) is 2.24. The lowest BCUT2D eigenvalue weighted by Crippen LogP contribution is -2.16. The highest BCUT2D eigenvalue weighted by Gasteiger charge is 2.26. The second-order valence-corrected chi connectivity index (χ2v) is 5.22. The zero-order valence-corrected chi connectivity index (χ0v) is 10.8. The molecule has 0 saturated heterocycles. The van der Waals surface area contributed by atoms with Crippen LogP contribution in [0.1, 0.15) is 24.3 Å². The molecule has 3 N–H and O–H groups in total. The number of nitrogen functional groups attached to an aromatic ring is 1. The molecule has 0 bridgehead atoms. The molecule has 5 nitrogen and oxygen atoms in total. The highest BCUT2D eigenvalue weighted by molar-refractivity contribution is 5.93. The Balaban J connectivity index is 2.07. The Bertz CT molecular complexity index is 858. The average molecular weight is 266 g/mol. The van der Waals surface area contributed by atoms with Gasteiger partial charge in [-0.25, -0.2) is 14.5 Å². The SMILES string of the molecule is Nc1n[nH]c(=O)n1-c1ccc(C2CC2)c2ccccc12. The van der Waals surface area contributed by atoms with Crippen LogP contribution in [0.5, 0.6) is 0 Å². The van der Waals surface area contributed by atoms with Crippen LogP contribution in [0.15, 0.2) is 41.2 Å². The molecule has 0 atom stereocenters. The molecule has 1 saturated carbocycles. The summed E-state index contributed by atoms with van der Waals surface area (Å²) in [5.41, 5.74) is 7.62. The molecule has 1 heterocycles. The molecular weight excluding hydrogens is 252 g/mol. The van der Waals surface area contributed by atoms with Crippen molar-refractivity contribution in [1.82, 2.24) is 14.8 Å². The summed E-state index contributed by atoms with van der Waals surface area (Å²) in [6.07, 6.45) is 2.49. The van der Waals surface area contributed by atoms with E-state index in [0.717, 1.165) is 11.1 Å². The van der Waals surface area contributed by atoms with Gasteiger partial charge in [-0.3, -0.25) is 0 Å². The van der Waals surface area contributed by atoms with Crippen LogP contribution in [0, 0.1) is 0 Å². The van der Waals surface area contributed by atoms with Crippen LogP contribution in [0.3, 0.4) is 0 Å². The van der Waals surface area contributed by atoms with Crippen molar-refractivity contribution in [3.05, 3.63) is 52.4 Å². The van der Waals surface area contributed by atoms with Crippen LogP contribution in [0.25, 0.3) is 16.5 Å². The smallest absolute Gasteiger partial charge is 0.349 e. The molecule has 1 fully saturated rings. The van der Waals surface area contributed by atoms with E-state index in [1.165, 1.54) is 28.4 Å².